The second-order valence-electron chi connectivity index (χ2n) is 3.52. The molecule has 0 atom stereocenters. The van der Waals surface area contributed by atoms with E-state index < -0.39 is 4.92 Å². The minimum absolute atomic E-state index is 0.407. The Kier molecular flexibility index (Phi) is 5.93. The van der Waals surface area contributed by atoms with Gasteiger partial charge in [-0.15, -0.1) is 0 Å². The molecule has 0 aromatic carbocycles. The molecule has 1 aromatic heterocycles. The van der Waals surface area contributed by atoms with Crippen molar-refractivity contribution in [3.05, 3.63) is 51.2 Å². The number of nitrogens with zero attached hydrogens (tertiary/aromatic N) is 2. The Hall–Kier alpha value is -1.82. The molecule has 2 N–H and O–H groups in total. The smallest absolute Gasteiger partial charge is 0.274 e. The third-order valence-corrected chi connectivity index (χ3v) is 2.34. The van der Waals surface area contributed by atoms with Crippen LogP contribution in [-0.4, -0.2) is 23.0 Å². The fraction of sp³-hybridized carbons (Fsp3) is 0.364. The third kappa shape index (κ3) is 5.49. The van der Waals surface area contributed by atoms with Gasteiger partial charge in [-0.3, -0.25) is 10.1 Å². The summed E-state index contributed by atoms with van der Waals surface area (Å²) in [5, 5.41) is 16.7. The number of halogens is 1. The molecule has 7 heteroatoms. The molecular formula is C11H15ClN4O2. The first kappa shape index (κ1) is 14.2. The molecule has 0 aliphatic heterocycles. The molecule has 0 fully saturated rings. The summed E-state index contributed by atoms with van der Waals surface area (Å²) < 4.78 is 0. The first-order valence-electron chi connectivity index (χ1n) is 5.55. The zero-order valence-corrected chi connectivity index (χ0v) is 10.8. The van der Waals surface area contributed by atoms with E-state index in [1.165, 1.54) is 0 Å². The first-order chi connectivity index (χ1) is 8.61. The van der Waals surface area contributed by atoms with Gasteiger partial charge in [0.05, 0.1) is 4.92 Å². The van der Waals surface area contributed by atoms with Crippen LogP contribution in [0.3, 0.4) is 0 Å². The van der Waals surface area contributed by atoms with Crippen molar-refractivity contribution < 1.29 is 4.92 Å². The molecule has 0 aliphatic carbocycles. The van der Waals surface area contributed by atoms with Gasteiger partial charge in [-0.1, -0.05) is 17.7 Å². The molecule has 0 spiro atoms. The van der Waals surface area contributed by atoms with Crippen LogP contribution in [0.2, 0.25) is 5.15 Å². The van der Waals surface area contributed by atoms with Crippen LogP contribution in [-0.2, 0) is 6.42 Å². The van der Waals surface area contributed by atoms with Gasteiger partial charge in [0.1, 0.15) is 5.15 Å². The van der Waals surface area contributed by atoms with Crippen molar-refractivity contribution in [2.45, 2.75) is 13.3 Å². The lowest BCUT2D eigenvalue weighted by Crippen LogP contribution is -2.28. The van der Waals surface area contributed by atoms with Crippen LogP contribution in [0.4, 0.5) is 0 Å². The zero-order valence-electron chi connectivity index (χ0n) is 10.0. The molecule has 18 heavy (non-hydrogen) atoms. The fourth-order valence-electron chi connectivity index (χ4n) is 1.35. The van der Waals surface area contributed by atoms with Crippen LogP contribution in [0.1, 0.15) is 12.5 Å². The molecule has 0 saturated heterocycles. The average Bonchev–Trinajstić information content (AvgIpc) is 2.31. The lowest BCUT2D eigenvalue weighted by Gasteiger charge is -2.09. The number of aromatic nitrogens is 1. The number of hydrogen-bond donors (Lipinski definition) is 2. The van der Waals surface area contributed by atoms with Crippen molar-refractivity contribution >= 4 is 11.6 Å². The molecule has 1 aromatic rings. The van der Waals surface area contributed by atoms with E-state index >= 15 is 0 Å². The molecule has 0 radical (unpaired) electrons. The Morgan fingerprint density at radius 1 is 1.56 bits per heavy atom. The molecule has 0 unspecified atom stereocenters. The van der Waals surface area contributed by atoms with Gasteiger partial charge in [-0.25, -0.2) is 4.98 Å². The van der Waals surface area contributed by atoms with Crippen LogP contribution >= 0.6 is 11.6 Å². The van der Waals surface area contributed by atoms with Crippen LogP contribution in [0.15, 0.2) is 30.4 Å². The molecule has 0 saturated carbocycles. The maximum atomic E-state index is 10.4. The highest BCUT2D eigenvalue weighted by atomic mass is 35.5. The molecule has 98 valence electrons. The molecule has 0 bridgehead atoms. The van der Waals surface area contributed by atoms with E-state index in [0.29, 0.717) is 30.5 Å². The largest absolute Gasteiger partial charge is 0.367 e. The predicted molar refractivity (Wildman–Crippen MR) is 69.7 cm³/mol. The van der Waals surface area contributed by atoms with Gasteiger partial charge < -0.3 is 10.6 Å². The van der Waals surface area contributed by atoms with Crippen molar-refractivity contribution in [1.29, 1.82) is 0 Å². The van der Waals surface area contributed by atoms with Gasteiger partial charge in [-0.05, 0) is 25.0 Å². The Labute approximate surface area is 110 Å². The van der Waals surface area contributed by atoms with Crippen molar-refractivity contribution in [1.82, 2.24) is 15.6 Å². The average molecular weight is 271 g/mol. The summed E-state index contributed by atoms with van der Waals surface area (Å²) in [5.74, 6) is 0.407. The molecular weight excluding hydrogens is 256 g/mol. The molecule has 0 amide bonds. The topological polar surface area (TPSA) is 80.1 Å². The molecule has 1 heterocycles. The lowest BCUT2D eigenvalue weighted by atomic mass is 10.2. The van der Waals surface area contributed by atoms with E-state index in [4.69, 9.17) is 11.6 Å². The van der Waals surface area contributed by atoms with Crippen LogP contribution in [0.5, 0.6) is 0 Å². The van der Waals surface area contributed by atoms with Gasteiger partial charge in [-0.2, -0.15) is 0 Å². The standard InChI is InChI=1S/C11H15ClN4O2/c1-2-13-11(8-16(17)18)14-6-5-9-3-4-10(12)15-7-9/h3-4,7-8,13-14H,2,5-6H2,1H3/b11-8+. The number of pyridine rings is 1. The van der Waals surface area contributed by atoms with E-state index in [-0.39, 0.29) is 0 Å². The monoisotopic (exact) mass is 270 g/mol. The van der Waals surface area contributed by atoms with Gasteiger partial charge in [0.25, 0.3) is 6.20 Å². The second kappa shape index (κ2) is 7.50. The quantitative estimate of drug-likeness (QED) is 0.446. The summed E-state index contributed by atoms with van der Waals surface area (Å²) in [7, 11) is 0. The molecule has 0 aliphatic rings. The summed E-state index contributed by atoms with van der Waals surface area (Å²) in [6.07, 6.45) is 3.32. The van der Waals surface area contributed by atoms with Gasteiger partial charge in [0.2, 0.25) is 0 Å². The number of nitro groups is 1. The van der Waals surface area contributed by atoms with E-state index in [1.807, 2.05) is 13.0 Å². The van der Waals surface area contributed by atoms with Gasteiger partial charge >= 0.3 is 0 Å². The van der Waals surface area contributed by atoms with Gasteiger partial charge in [0, 0.05) is 19.3 Å². The normalized spacial score (nSPS) is 11.1. The fourth-order valence-corrected chi connectivity index (χ4v) is 1.46. The van der Waals surface area contributed by atoms with E-state index in [0.717, 1.165) is 11.8 Å². The van der Waals surface area contributed by atoms with Crippen LogP contribution in [0, 0.1) is 10.1 Å². The lowest BCUT2D eigenvalue weighted by molar-refractivity contribution is -0.404. The highest BCUT2D eigenvalue weighted by Crippen LogP contribution is 2.05. The van der Waals surface area contributed by atoms with Crippen LogP contribution < -0.4 is 10.6 Å². The maximum Gasteiger partial charge on any atom is 0.274 e. The Balaban J connectivity index is 2.43. The number of nitrogens with one attached hydrogen (secondary N) is 2. The summed E-state index contributed by atoms with van der Waals surface area (Å²) >= 11 is 5.67. The Bertz CT molecular complexity index is 420. The minimum Gasteiger partial charge on any atom is -0.367 e. The molecule has 6 nitrogen and oxygen atoms in total. The van der Waals surface area contributed by atoms with Crippen molar-refractivity contribution in [3.8, 4) is 0 Å². The predicted octanol–water partition coefficient (Wildman–Crippen LogP) is 1.55. The highest BCUT2D eigenvalue weighted by Gasteiger charge is 2.01. The Morgan fingerprint density at radius 2 is 2.33 bits per heavy atom. The zero-order chi connectivity index (χ0) is 13.4. The van der Waals surface area contributed by atoms with Crippen molar-refractivity contribution in [3.63, 3.8) is 0 Å². The Morgan fingerprint density at radius 3 is 2.89 bits per heavy atom. The molecule has 1 rings (SSSR count). The summed E-state index contributed by atoms with van der Waals surface area (Å²) in [6, 6.07) is 3.59. The summed E-state index contributed by atoms with van der Waals surface area (Å²) in [6.45, 7) is 3.07. The summed E-state index contributed by atoms with van der Waals surface area (Å²) in [5.41, 5.74) is 1.02. The van der Waals surface area contributed by atoms with Gasteiger partial charge in [0.15, 0.2) is 5.82 Å². The second-order valence-corrected chi connectivity index (χ2v) is 3.91. The van der Waals surface area contributed by atoms with Crippen LogP contribution in [0.25, 0.3) is 0 Å². The third-order valence-electron chi connectivity index (χ3n) is 2.12. The van der Waals surface area contributed by atoms with E-state index in [9.17, 15) is 10.1 Å². The first-order valence-corrected chi connectivity index (χ1v) is 5.93. The van der Waals surface area contributed by atoms with Crippen molar-refractivity contribution in [2.24, 2.45) is 0 Å². The highest BCUT2D eigenvalue weighted by molar-refractivity contribution is 6.29. The van der Waals surface area contributed by atoms with E-state index in [2.05, 4.69) is 15.6 Å². The minimum atomic E-state index is -0.491. The number of hydrogen-bond acceptors (Lipinski definition) is 5. The maximum absolute atomic E-state index is 10.4. The SMILES string of the molecule is CCN/C(=C\[N+](=O)[O-])NCCc1ccc(Cl)nc1. The van der Waals surface area contributed by atoms with Crippen molar-refractivity contribution in [2.75, 3.05) is 13.1 Å². The summed E-state index contributed by atoms with van der Waals surface area (Å²) in [4.78, 5) is 13.8. The van der Waals surface area contributed by atoms with E-state index in [1.54, 1.807) is 12.3 Å². The number of rotatable bonds is 7.